The number of hydrogen-bond donors (Lipinski definition) is 2. The van der Waals surface area contributed by atoms with Crippen LogP contribution in [-0.2, 0) is 9.47 Å². The fraction of sp³-hybridized carbons (Fsp3) is 1.00. The largest absolute Gasteiger partial charge is 0.393 e. The number of hydrogen-bond acceptors (Lipinski definition) is 4. The lowest BCUT2D eigenvalue weighted by Crippen LogP contribution is -2.42. The first-order valence-electron chi connectivity index (χ1n) is 4.26. The number of ether oxygens (including phenoxy) is 2. The smallest absolute Gasteiger partial charge is 0.114 e. The zero-order valence-corrected chi connectivity index (χ0v) is 7.93. The Morgan fingerprint density at radius 3 is 2.62 bits per heavy atom. The molecule has 74 valence electrons. The molecule has 0 spiro atoms. The van der Waals surface area contributed by atoms with E-state index in [9.17, 15) is 5.11 Å². The zero-order valence-electron chi connectivity index (χ0n) is 7.93. The maximum Gasteiger partial charge on any atom is 0.114 e. The first-order chi connectivity index (χ1) is 6.05. The molecule has 0 bridgehead atoms. The Morgan fingerprint density at radius 2 is 2.23 bits per heavy atom. The van der Waals surface area contributed by atoms with E-state index < -0.39 is 17.7 Å². The highest BCUT2D eigenvalue weighted by atomic mass is 16.5. The third-order valence-corrected chi connectivity index (χ3v) is 2.53. The van der Waals surface area contributed by atoms with Gasteiger partial charge in [-0.2, -0.15) is 0 Å². The van der Waals surface area contributed by atoms with Crippen LogP contribution in [0.1, 0.15) is 6.92 Å². The van der Waals surface area contributed by atoms with Gasteiger partial charge in [-0.15, -0.1) is 0 Å². The third kappa shape index (κ3) is 1.88. The van der Waals surface area contributed by atoms with Crippen LogP contribution in [0.3, 0.4) is 0 Å². The molecule has 1 aliphatic rings. The second-order valence-electron chi connectivity index (χ2n) is 3.62. The number of aliphatic hydroxyl groups is 2. The SMILES string of the molecule is [B]C1O[C@](C)(CO)C(O)C1COC. The lowest BCUT2D eigenvalue weighted by Gasteiger charge is -2.25. The van der Waals surface area contributed by atoms with Crippen LogP contribution in [0.4, 0.5) is 0 Å². The van der Waals surface area contributed by atoms with Gasteiger partial charge in [-0.05, 0) is 6.92 Å². The predicted octanol–water partition coefficient (Wildman–Crippen LogP) is -1.11. The number of aliphatic hydroxyl groups excluding tert-OH is 2. The molecule has 3 unspecified atom stereocenters. The highest BCUT2D eigenvalue weighted by Crippen LogP contribution is 2.33. The van der Waals surface area contributed by atoms with Gasteiger partial charge in [0.2, 0.25) is 0 Å². The van der Waals surface area contributed by atoms with Crippen molar-refractivity contribution < 1.29 is 19.7 Å². The molecule has 5 heteroatoms. The molecule has 2 radical (unpaired) electrons. The topological polar surface area (TPSA) is 58.9 Å². The lowest BCUT2D eigenvalue weighted by atomic mass is 9.83. The Morgan fingerprint density at radius 1 is 1.62 bits per heavy atom. The van der Waals surface area contributed by atoms with Crippen molar-refractivity contribution in [1.29, 1.82) is 0 Å². The maximum atomic E-state index is 9.76. The fourth-order valence-electron chi connectivity index (χ4n) is 1.61. The second kappa shape index (κ2) is 3.96. The second-order valence-corrected chi connectivity index (χ2v) is 3.62. The van der Waals surface area contributed by atoms with Gasteiger partial charge in [-0.25, -0.2) is 0 Å². The van der Waals surface area contributed by atoms with E-state index in [-0.39, 0.29) is 12.5 Å². The van der Waals surface area contributed by atoms with Crippen molar-refractivity contribution in [3.63, 3.8) is 0 Å². The average molecular weight is 186 g/mol. The molecule has 1 fully saturated rings. The van der Waals surface area contributed by atoms with Crippen molar-refractivity contribution in [2.75, 3.05) is 20.3 Å². The van der Waals surface area contributed by atoms with Gasteiger partial charge in [0.1, 0.15) is 13.4 Å². The van der Waals surface area contributed by atoms with Crippen LogP contribution in [0.15, 0.2) is 0 Å². The van der Waals surface area contributed by atoms with Gasteiger partial charge in [0, 0.05) is 19.0 Å². The van der Waals surface area contributed by atoms with Crippen LogP contribution in [0, 0.1) is 5.92 Å². The minimum Gasteiger partial charge on any atom is -0.393 e. The zero-order chi connectivity index (χ0) is 10.1. The van der Waals surface area contributed by atoms with Crippen LogP contribution in [0.2, 0.25) is 0 Å². The molecule has 0 aromatic rings. The molecular weight excluding hydrogens is 171 g/mol. The molecular formula is C8H15BO4. The number of methoxy groups -OCH3 is 1. The summed E-state index contributed by atoms with van der Waals surface area (Å²) in [6.45, 7) is 1.72. The van der Waals surface area contributed by atoms with Gasteiger partial charge in [0.05, 0.1) is 19.3 Å². The molecule has 0 saturated carbocycles. The molecule has 1 aliphatic heterocycles. The van der Waals surface area contributed by atoms with E-state index in [2.05, 4.69) is 0 Å². The van der Waals surface area contributed by atoms with Crippen LogP contribution >= 0.6 is 0 Å². The summed E-state index contributed by atoms with van der Waals surface area (Å²) in [5, 5.41) is 18.8. The summed E-state index contributed by atoms with van der Waals surface area (Å²) < 4.78 is 10.2. The summed E-state index contributed by atoms with van der Waals surface area (Å²) in [6.07, 6.45) is -0.785. The van der Waals surface area contributed by atoms with Gasteiger partial charge in [0.25, 0.3) is 0 Å². The standard InChI is InChI=1S/C8H15BO4/c1-8(4-10)6(11)5(3-12-2)7(9)13-8/h5-7,10-11H,3-4H2,1-2H3/t5?,6?,7?,8-/m1/s1. The molecule has 4 atom stereocenters. The minimum absolute atomic E-state index is 0.248. The monoisotopic (exact) mass is 186 g/mol. The van der Waals surface area contributed by atoms with Crippen molar-refractivity contribution in [3.8, 4) is 0 Å². The molecule has 1 saturated heterocycles. The van der Waals surface area contributed by atoms with Crippen molar-refractivity contribution in [1.82, 2.24) is 0 Å². The summed E-state index contributed by atoms with van der Waals surface area (Å²) >= 11 is 0. The van der Waals surface area contributed by atoms with Crippen LogP contribution in [0.5, 0.6) is 0 Å². The molecule has 0 amide bonds. The minimum atomic E-state index is -0.956. The van der Waals surface area contributed by atoms with Gasteiger partial charge < -0.3 is 19.7 Å². The molecule has 13 heavy (non-hydrogen) atoms. The number of rotatable bonds is 3. The molecule has 0 aliphatic carbocycles. The van der Waals surface area contributed by atoms with Crippen LogP contribution < -0.4 is 0 Å². The van der Waals surface area contributed by atoms with E-state index in [1.54, 1.807) is 6.92 Å². The first kappa shape index (κ1) is 11.0. The fourth-order valence-corrected chi connectivity index (χ4v) is 1.61. The Balaban J connectivity index is 2.68. The molecule has 0 aromatic carbocycles. The Labute approximate surface area is 79.3 Å². The summed E-state index contributed by atoms with van der Waals surface area (Å²) in [7, 11) is 7.17. The normalized spacial score (nSPS) is 45.4. The lowest BCUT2D eigenvalue weighted by molar-refractivity contribution is -0.0855. The van der Waals surface area contributed by atoms with Crippen molar-refractivity contribution in [2.45, 2.75) is 24.6 Å². The summed E-state index contributed by atoms with van der Waals surface area (Å²) in [4.78, 5) is 0. The summed E-state index contributed by atoms with van der Waals surface area (Å²) in [5.74, 6) is -0.276. The highest BCUT2D eigenvalue weighted by molar-refractivity contribution is 6.11. The Kier molecular flexibility index (Phi) is 3.35. The van der Waals surface area contributed by atoms with Crippen LogP contribution in [0.25, 0.3) is 0 Å². The van der Waals surface area contributed by atoms with Gasteiger partial charge >= 0.3 is 0 Å². The molecule has 1 rings (SSSR count). The van der Waals surface area contributed by atoms with Gasteiger partial charge in [0.15, 0.2) is 0 Å². The van der Waals surface area contributed by atoms with Crippen molar-refractivity contribution in [2.24, 2.45) is 5.92 Å². The molecule has 4 nitrogen and oxygen atoms in total. The van der Waals surface area contributed by atoms with Crippen molar-refractivity contribution >= 4 is 7.85 Å². The maximum absolute atomic E-state index is 9.76. The van der Waals surface area contributed by atoms with Crippen molar-refractivity contribution in [3.05, 3.63) is 0 Å². The predicted molar refractivity (Wildman–Crippen MR) is 47.5 cm³/mol. The van der Waals surface area contributed by atoms with E-state index in [1.807, 2.05) is 0 Å². The highest BCUT2D eigenvalue weighted by Gasteiger charge is 2.48. The molecule has 1 heterocycles. The van der Waals surface area contributed by atoms with E-state index in [0.717, 1.165) is 0 Å². The van der Waals surface area contributed by atoms with Gasteiger partial charge in [-0.3, -0.25) is 0 Å². The Hall–Kier alpha value is -0.0951. The summed E-state index contributed by atoms with van der Waals surface area (Å²) in [5.41, 5.74) is -0.956. The van der Waals surface area contributed by atoms with E-state index in [1.165, 1.54) is 7.11 Å². The van der Waals surface area contributed by atoms with E-state index in [4.69, 9.17) is 22.4 Å². The van der Waals surface area contributed by atoms with Gasteiger partial charge in [-0.1, -0.05) is 0 Å². The molecule has 2 N–H and O–H groups in total. The first-order valence-corrected chi connectivity index (χ1v) is 4.26. The van der Waals surface area contributed by atoms with Crippen LogP contribution in [-0.4, -0.2) is 56.1 Å². The average Bonchev–Trinajstić information content (AvgIpc) is 2.31. The van der Waals surface area contributed by atoms with E-state index in [0.29, 0.717) is 6.61 Å². The third-order valence-electron chi connectivity index (χ3n) is 2.53. The van der Waals surface area contributed by atoms with E-state index >= 15 is 0 Å². The molecule has 0 aromatic heterocycles. The quantitative estimate of drug-likeness (QED) is 0.548. The Bertz CT molecular complexity index is 178. The summed E-state index contributed by atoms with van der Waals surface area (Å²) in [6, 6.07) is -0.577.